The highest BCUT2D eigenvalue weighted by Crippen LogP contribution is 2.39. The van der Waals surface area contributed by atoms with Gasteiger partial charge < -0.3 is 4.74 Å². The molecule has 0 radical (unpaired) electrons. The highest BCUT2D eigenvalue weighted by Gasteiger charge is 2.27. The Labute approximate surface area is 110 Å². The van der Waals surface area contributed by atoms with E-state index in [0.29, 0.717) is 17.0 Å². The van der Waals surface area contributed by atoms with Crippen LogP contribution in [-0.2, 0) is 0 Å². The second-order valence-electron chi connectivity index (χ2n) is 4.30. The summed E-state index contributed by atoms with van der Waals surface area (Å²) in [6.45, 7) is 0. The van der Waals surface area contributed by atoms with Crippen molar-refractivity contribution < 1.29 is 4.74 Å². The average molecular weight is 262 g/mol. The molecule has 0 bridgehead atoms. The largest absolute Gasteiger partial charge is 0.481 e. The van der Waals surface area contributed by atoms with Gasteiger partial charge in [0.2, 0.25) is 5.88 Å². The van der Waals surface area contributed by atoms with Crippen LogP contribution in [0.15, 0.2) is 24.4 Å². The van der Waals surface area contributed by atoms with Crippen LogP contribution < -0.4 is 4.74 Å². The van der Waals surface area contributed by atoms with Gasteiger partial charge in [0.25, 0.3) is 0 Å². The molecule has 0 amide bonds. The zero-order chi connectivity index (χ0) is 12.5. The molecule has 0 atom stereocenters. The van der Waals surface area contributed by atoms with Gasteiger partial charge in [-0.15, -0.1) is 0 Å². The zero-order valence-corrected chi connectivity index (χ0v) is 10.7. The number of hydrogen-bond donors (Lipinski definition) is 0. The molecule has 5 heteroatoms. The van der Waals surface area contributed by atoms with Crippen LogP contribution in [0.1, 0.15) is 24.6 Å². The maximum absolute atomic E-state index is 6.03. The van der Waals surface area contributed by atoms with Crippen LogP contribution in [-0.4, -0.2) is 22.1 Å². The van der Waals surface area contributed by atoms with Crippen molar-refractivity contribution in [3.63, 3.8) is 0 Å². The van der Waals surface area contributed by atoms with Crippen molar-refractivity contribution in [1.82, 2.24) is 15.0 Å². The van der Waals surface area contributed by atoms with Crippen LogP contribution in [0.4, 0.5) is 0 Å². The molecule has 0 aromatic carbocycles. The lowest BCUT2D eigenvalue weighted by molar-refractivity contribution is 0.398. The van der Waals surface area contributed by atoms with Crippen molar-refractivity contribution in [3.05, 3.63) is 35.4 Å². The summed E-state index contributed by atoms with van der Waals surface area (Å²) in [5.41, 5.74) is 1.73. The Morgan fingerprint density at radius 1 is 1.28 bits per heavy atom. The van der Waals surface area contributed by atoms with E-state index in [0.717, 1.165) is 29.9 Å². The van der Waals surface area contributed by atoms with E-state index in [-0.39, 0.29) is 0 Å². The molecular formula is C13H12ClN3O. The number of halogens is 1. The van der Waals surface area contributed by atoms with Crippen molar-refractivity contribution in [2.75, 3.05) is 7.11 Å². The molecule has 4 nitrogen and oxygen atoms in total. The monoisotopic (exact) mass is 261 g/mol. The normalized spacial score (nSPS) is 14.6. The van der Waals surface area contributed by atoms with Crippen LogP contribution >= 0.6 is 11.6 Å². The molecule has 0 unspecified atom stereocenters. The van der Waals surface area contributed by atoms with Gasteiger partial charge in [0.05, 0.1) is 12.8 Å². The summed E-state index contributed by atoms with van der Waals surface area (Å²) in [6, 6.07) is 5.49. The molecule has 92 valence electrons. The Balaban J connectivity index is 1.98. The second kappa shape index (κ2) is 4.53. The SMILES string of the molecule is COc1ccc(-c2cc(Cl)nc(C3CC3)n2)cn1. The molecule has 0 aliphatic heterocycles. The van der Waals surface area contributed by atoms with Crippen molar-refractivity contribution in [1.29, 1.82) is 0 Å². The summed E-state index contributed by atoms with van der Waals surface area (Å²) < 4.78 is 5.03. The Morgan fingerprint density at radius 2 is 2.11 bits per heavy atom. The van der Waals surface area contributed by atoms with Crippen LogP contribution in [0.2, 0.25) is 5.15 Å². The number of nitrogens with zero attached hydrogens (tertiary/aromatic N) is 3. The van der Waals surface area contributed by atoms with Gasteiger partial charge >= 0.3 is 0 Å². The van der Waals surface area contributed by atoms with Crippen LogP contribution in [0.5, 0.6) is 5.88 Å². The molecule has 1 aliphatic rings. The van der Waals surface area contributed by atoms with Gasteiger partial charge in [-0.3, -0.25) is 0 Å². The smallest absolute Gasteiger partial charge is 0.212 e. The zero-order valence-electron chi connectivity index (χ0n) is 9.93. The predicted octanol–water partition coefficient (Wildman–Crippen LogP) is 3.08. The molecule has 2 aromatic rings. The van der Waals surface area contributed by atoms with E-state index >= 15 is 0 Å². The molecule has 1 fully saturated rings. The number of aromatic nitrogens is 3. The lowest BCUT2D eigenvalue weighted by Gasteiger charge is -2.05. The molecule has 1 saturated carbocycles. The molecule has 2 aromatic heterocycles. The first-order valence-electron chi connectivity index (χ1n) is 5.81. The van der Waals surface area contributed by atoms with E-state index in [4.69, 9.17) is 16.3 Å². The minimum Gasteiger partial charge on any atom is -0.481 e. The molecule has 3 rings (SSSR count). The Kier molecular flexibility index (Phi) is 2.88. The summed E-state index contributed by atoms with van der Waals surface area (Å²) in [5, 5.41) is 0.484. The molecule has 0 spiro atoms. The standard InChI is InChI=1S/C13H12ClN3O/c1-18-12-5-4-9(7-15-12)10-6-11(14)17-13(16-10)8-2-3-8/h4-8H,2-3H2,1H3. The Morgan fingerprint density at radius 3 is 2.72 bits per heavy atom. The second-order valence-corrected chi connectivity index (χ2v) is 4.68. The number of ether oxygens (including phenoxy) is 1. The van der Waals surface area contributed by atoms with Gasteiger partial charge in [0.15, 0.2) is 0 Å². The van der Waals surface area contributed by atoms with E-state index in [1.165, 1.54) is 0 Å². The number of pyridine rings is 1. The van der Waals surface area contributed by atoms with Crippen molar-refractivity contribution in [2.45, 2.75) is 18.8 Å². The minimum atomic E-state index is 0.480. The number of hydrogen-bond acceptors (Lipinski definition) is 4. The summed E-state index contributed by atoms with van der Waals surface area (Å²) in [5.74, 6) is 1.91. The van der Waals surface area contributed by atoms with E-state index in [9.17, 15) is 0 Å². The van der Waals surface area contributed by atoms with Crippen molar-refractivity contribution in [2.24, 2.45) is 0 Å². The van der Waals surface area contributed by atoms with Gasteiger partial charge in [0.1, 0.15) is 11.0 Å². The minimum absolute atomic E-state index is 0.480. The van der Waals surface area contributed by atoms with Crippen molar-refractivity contribution in [3.8, 4) is 17.1 Å². The van der Waals surface area contributed by atoms with E-state index in [1.807, 2.05) is 12.1 Å². The van der Waals surface area contributed by atoms with Crippen LogP contribution in [0.25, 0.3) is 11.3 Å². The number of methoxy groups -OCH3 is 1. The Bertz CT molecular complexity index is 567. The lowest BCUT2D eigenvalue weighted by Crippen LogP contribution is -1.96. The quantitative estimate of drug-likeness (QED) is 0.797. The van der Waals surface area contributed by atoms with E-state index < -0.39 is 0 Å². The van der Waals surface area contributed by atoms with Crippen LogP contribution in [0, 0.1) is 0 Å². The van der Waals surface area contributed by atoms with Gasteiger partial charge in [-0.05, 0) is 18.9 Å². The van der Waals surface area contributed by atoms with Crippen LogP contribution in [0.3, 0.4) is 0 Å². The third-order valence-corrected chi connectivity index (χ3v) is 3.09. The molecule has 18 heavy (non-hydrogen) atoms. The first kappa shape index (κ1) is 11.4. The molecule has 0 saturated heterocycles. The summed E-state index contributed by atoms with van der Waals surface area (Å²) >= 11 is 6.03. The molecule has 1 aliphatic carbocycles. The first-order valence-corrected chi connectivity index (χ1v) is 6.19. The maximum atomic E-state index is 6.03. The fourth-order valence-electron chi connectivity index (χ4n) is 1.76. The topological polar surface area (TPSA) is 47.9 Å². The van der Waals surface area contributed by atoms with Gasteiger partial charge in [-0.25, -0.2) is 15.0 Å². The fourth-order valence-corrected chi connectivity index (χ4v) is 1.95. The maximum Gasteiger partial charge on any atom is 0.212 e. The molecule has 2 heterocycles. The molecular weight excluding hydrogens is 250 g/mol. The first-order chi connectivity index (χ1) is 8.76. The highest BCUT2D eigenvalue weighted by molar-refractivity contribution is 6.29. The third kappa shape index (κ3) is 2.29. The van der Waals surface area contributed by atoms with E-state index in [1.54, 1.807) is 19.4 Å². The lowest BCUT2D eigenvalue weighted by atomic mass is 10.2. The Hall–Kier alpha value is -1.68. The summed E-state index contributed by atoms with van der Waals surface area (Å²) in [4.78, 5) is 13.0. The van der Waals surface area contributed by atoms with E-state index in [2.05, 4.69) is 15.0 Å². The van der Waals surface area contributed by atoms with Gasteiger partial charge in [0, 0.05) is 29.8 Å². The third-order valence-electron chi connectivity index (χ3n) is 2.90. The highest BCUT2D eigenvalue weighted by atomic mass is 35.5. The number of rotatable bonds is 3. The summed E-state index contributed by atoms with van der Waals surface area (Å²) in [6.07, 6.45) is 4.04. The fraction of sp³-hybridized carbons (Fsp3) is 0.308. The van der Waals surface area contributed by atoms with Gasteiger partial charge in [-0.2, -0.15) is 0 Å². The molecule has 0 N–H and O–H groups in total. The predicted molar refractivity (Wildman–Crippen MR) is 68.8 cm³/mol. The average Bonchev–Trinajstić information content (AvgIpc) is 3.22. The van der Waals surface area contributed by atoms with Crippen molar-refractivity contribution >= 4 is 11.6 Å². The van der Waals surface area contributed by atoms with Gasteiger partial charge in [-0.1, -0.05) is 11.6 Å². The summed E-state index contributed by atoms with van der Waals surface area (Å²) in [7, 11) is 1.59.